The summed E-state index contributed by atoms with van der Waals surface area (Å²) in [5.74, 6) is 2.70. The molecule has 60 valence electrons. The van der Waals surface area contributed by atoms with E-state index in [1.165, 1.54) is 0 Å². The largest absolute Gasteiger partial charge is 0.327 e. The number of hydrogen-bond acceptors (Lipinski definition) is 4. The zero-order valence-electron chi connectivity index (χ0n) is 5.71. The number of hydrogen-bond donors (Lipinski definition) is 1. The van der Waals surface area contributed by atoms with Crippen molar-refractivity contribution in [1.82, 2.24) is 0 Å². The highest BCUT2D eigenvalue weighted by Gasteiger charge is 1.95. The fourth-order valence-corrected chi connectivity index (χ4v) is 1.56. The second kappa shape index (κ2) is 8.00. The van der Waals surface area contributed by atoms with E-state index in [-0.39, 0.29) is 0 Å². The third kappa shape index (κ3) is 5.67. The smallest absolute Gasteiger partial charge is 0.230 e. The molecule has 0 amide bonds. The summed E-state index contributed by atoms with van der Waals surface area (Å²) in [6.07, 6.45) is 0. The van der Waals surface area contributed by atoms with E-state index in [2.05, 4.69) is 27.9 Å². The Bertz CT molecular complexity index is 110. The molecule has 0 aliphatic carbocycles. The predicted octanol–water partition coefficient (Wildman–Crippen LogP) is 2.39. The van der Waals surface area contributed by atoms with Crippen molar-refractivity contribution in [3.8, 4) is 0 Å². The van der Waals surface area contributed by atoms with Crippen molar-refractivity contribution in [1.29, 1.82) is 0 Å². The second-order valence-corrected chi connectivity index (χ2v) is 3.51. The van der Waals surface area contributed by atoms with E-state index in [0.29, 0.717) is 5.75 Å². The molecule has 0 rings (SSSR count). The third-order valence-corrected chi connectivity index (χ3v) is 2.33. The Balaban J connectivity index is 3.49. The van der Waals surface area contributed by atoms with Gasteiger partial charge in [0.05, 0.1) is 5.71 Å². The average Bonchev–Trinajstić information content (AvgIpc) is 1.98. The minimum atomic E-state index is 0.677. The first-order chi connectivity index (χ1) is 4.85. The van der Waals surface area contributed by atoms with Gasteiger partial charge in [0, 0.05) is 11.5 Å². The molecule has 0 aromatic carbocycles. The zero-order valence-corrected chi connectivity index (χ0v) is 9.58. The van der Waals surface area contributed by atoms with Crippen LogP contribution in [0.1, 0.15) is 6.92 Å². The van der Waals surface area contributed by atoms with Gasteiger partial charge >= 0.3 is 0 Å². The van der Waals surface area contributed by atoms with Crippen LogP contribution in [-0.4, -0.2) is 23.0 Å². The SMILES string of the molecule is CCSC/C(CS)=N/OI. The Morgan fingerprint density at radius 3 is 2.90 bits per heavy atom. The van der Waals surface area contributed by atoms with Gasteiger partial charge in [-0.1, -0.05) is 12.1 Å². The van der Waals surface area contributed by atoms with Crippen LogP contribution in [0.5, 0.6) is 0 Å². The molecule has 0 heterocycles. The van der Waals surface area contributed by atoms with Crippen LogP contribution >= 0.6 is 47.4 Å². The monoisotopic (exact) mass is 291 g/mol. The molecule has 0 saturated heterocycles. The lowest BCUT2D eigenvalue weighted by molar-refractivity contribution is 0.464. The van der Waals surface area contributed by atoms with Crippen molar-refractivity contribution in [2.75, 3.05) is 17.3 Å². The quantitative estimate of drug-likeness (QED) is 0.363. The summed E-state index contributed by atoms with van der Waals surface area (Å²) < 4.78 is 4.59. The molecular formula is C5H10INOS2. The van der Waals surface area contributed by atoms with Crippen LogP contribution in [-0.2, 0) is 3.17 Å². The molecule has 0 aliphatic rings. The maximum absolute atomic E-state index is 4.59. The van der Waals surface area contributed by atoms with Gasteiger partial charge in [-0.15, -0.1) is 0 Å². The van der Waals surface area contributed by atoms with Gasteiger partial charge in [0.25, 0.3) is 0 Å². The highest BCUT2D eigenvalue weighted by molar-refractivity contribution is 14.1. The standard InChI is InChI=1S/C5H10INOS2/c1-2-10-4-5(3-9)7-8-6/h9H,2-4H2,1H3/b7-5+. The van der Waals surface area contributed by atoms with Gasteiger partial charge in [0.2, 0.25) is 23.0 Å². The van der Waals surface area contributed by atoms with E-state index in [4.69, 9.17) is 0 Å². The summed E-state index contributed by atoms with van der Waals surface area (Å²) in [5, 5.41) is 3.79. The first-order valence-electron chi connectivity index (χ1n) is 2.87. The Labute approximate surface area is 85.3 Å². The van der Waals surface area contributed by atoms with Crippen LogP contribution in [0.4, 0.5) is 0 Å². The number of rotatable bonds is 5. The molecule has 0 saturated carbocycles. The lowest BCUT2D eigenvalue weighted by Gasteiger charge is -1.97. The Morgan fingerprint density at radius 2 is 2.50 bits per heavy atom. The maximum atomic E-state index is 4.59. The molecule has 0 aromatic rings. The van der Waals surface area contributed by atoms with E-state index in [9.17, 15) is 0 Å². The van der Waals surface area contributed by atoms with E-state index < -0.39 is 0 Å². The van der Waals surface area contributed by atoms with Crippen LogP contribution < -0.4 is 0 Å². The molecule has 0 aliphatic heterocycles. The number of thioether (sulfide) groups is 1. The van der Waals surface area contributed by atoms with E-state index >= 15 is 0 Å². The molecule has 0 aromatic heterocycles. The molecule has 0 N–H and O–H groups in total. The Morgan fingerprint density at radius 1 is 1.80 bits per heavy atom. The van der Waals surface area contributed by atoms with Crippen LogP contribution in [0, 0.1) is 0 Å². The summed E-state index contributed by atoms with van der Waals surface area (Å²) in [6, 6.07) is 0. The Kier molecular flexibility index (Phi) is 8.72. The van der Waals surface area contributed by atoms with Gasteiger partial charge in [0.15, 0.2) is 0 Å². The highest BCUT2D eigenvalue weighted by atomic mass is 127. The van der Waals surface area contributed by atoms with E-state index in [1.54, 1.807) is 23.0 Å². The molecule has 0 bridgehead atoms. The van der Waals surface area contributed by atoms with Gasteiger partial charge in [-0.05, 0) is 5.75 Å². The van der Waals surface area contributed by atoms with Gasteiger partial charge in [-0.2, -0.15) is 24.4 Å². The number of thiol groups is 1. The van der Waals surface area contributed by atoms with E-state index in [1.807, 2.05) is 11.8 Å². The Hall–Kier alpha value is 0.900. The van der Waals surface area contributed by atoms with Gasteiger partial charge < -0.3 is 3.17 Å². The maximum Gasteiger partial charge on any atom is 0.230 e. The number of nitrogens with zero attached hydrogens (tertiary/aromatic N) is 1. The fourth-order valence-electron chi connectivity index (χ4n) is 0.370. The summed E-state index contributed by atoms with van der Waals surface area (Å²) in [7, 11) is 0. The second-order valence-electron chi connectivity index (χ2n) is 1.52. The molecule has 5 heteroatoms. The number of halogens is 1. The first kappa shape index (κ1) is 10.9. The lowest BCUT2D eigenvalue weighted by Crippen LogP contribution is -2.03. The van der Waals surface area contributed by atoms with Crippen molar-refractivity contribution >= 4 is 53.1 Å². The summed E-state index contributed by atoms with van der Waals surface area (Å²) >= 11 is 7.66. The molecule has 0 fully saturated rings. The average molecular weight is 291 g/mol. The molecule has 10 heavy (non-hydrogen) atoms. The van der Waals surface area contributed by atoms with Gasteiger partial charge in [0.1, 0.15) is 0 Å². The van der Waals surface area contributed by atoms with Gasteiger partial charge in [-0.25, -0.2) is 0 Å². The van der Waals surface area contributed by atoms with Crippen LogP contribution in [0.15, 0.2) is 5.16 Å². The molecular weight excluding hydrogens is 281 g/mol. The molecule has 2 nitrogen and oxygen atoms in total. The fraction of sp³-hybridized carbons (Fsp3) is 0.800. The minimum absolute atomic E-state index is 0.677. The normalized spacial score (nSPS) is 11.7. The lowest BCUT2D eigenvalue weighted by atomic mass is 10.5. The summed E-state index contributed by atoms with van der Waals surface area (Å²) in [6.45, 7) is 2.12. The number of oxime groups is 1. The van der Waals surface area contributed by atoms with Gasteiger partial charge in [-0.3, -0.25) is 0 Å². The molecule has 0 spiro atoms. The van der Waals surface area contributed by atoms with Crippen molar-refractivity contribution in [2.45, 2.75) is 6.92 Å². The van der Waals surface area contributed by atoms with Crippen LogP contribution in [0.3, 0.4) is 0 Å². The predicted molar refractivity (Wildman–Crippen MR) is 59.4 cm³/mol. The highest BCUT2D eigenvalue weighted by Crippen LogP contribution is 2.02. The van der Waals surface area contributed by atoms with Crippen molar-refractivity contribution in [2.24, 2.45) is 5.16 Å². The first-order valence-corrected chi connectivity index (χ1v) is 5.54. The summed E-state index contributed by atoms with van der Waals surface area (Å²) in [4.78, 5) is 0. The molecule has 0 radical (unpaired) electrons. The topological polar surface area (TPSA) is 21.6 Å². The summed E-state index contributed by atoms with van der Waals surface area (Å²) in [5.41, 5.74) is 0.990. The third-order valence-electron chi connectivity index (χ3n) is 0.819. The van der Waals surface area contributed by atoms with Crippen LogP contribution in [0.2, 0.25) is 0 Å². The molecule has 0 unspecified atom stereocenters. The van der Waals surface area contributed by atoms with Crippen molar-refractivity contribution in [3.05, 3.63) is 0 Å². The van der Waals surface area contributed by atoms with E-state index in [0.717, 1.165) is 17.2 Å². The van der Waals surface area contributed by atoms with Crippen molar-refractivity contribution in [3.63, 3.8) is 0 Å². The molecule has 0 atom stereocenters. The zero-order chi connectivity index (χ0) is 7.82. The van der Waals surface area contributed by atoms with Crippen LogP contribution in [0.25, 0.3) is 0 Å². The minimum Gasteiger partial charge on any atom is -0.327 e. The van der Waals surface area contributed by atoms with Crippen molar-refractivity contribution < 1.29 is 3.17 Å².